The molecule has 0 unspecified atom stereocenters. The van der Waals surface area contributed by atoms with Crippen molar-refractivity contribution in [3.05, 3.63) is 71.8 Å². The third-order valence-electron chi connectivity index (χ3n) is 5.98. The second-order valence-electron chi connectivity index (χ2n) is 8.38. The van der Waals surface area contributed by atoms with Crippen LogP contribution in [0.1, 0.15) is 17.0 Å². The minimum absolute atomic E-state index is 0.00970. The molecule has 1 aliphatic heterocycles. The first kappa shape index (κ1) is 22.0. The third kappa shape index (κ3) is 5.18. The van der Waals surface area contributed by atoms with Gasteiger partial charge in [-0.05, 0) is 12.5 Å². The quantitative estimate of drug-likeness (QED) is 0.597. The van der Waals surface area contributed by atoms with Crippen molar-refractivity contribution >= 4 is 11.8 Å². The zero-order valence-corrected chi connectivity index (χ0v) is 18.9. The molecule has 3 aromatic rings. The number of hydrogen-bond donors (Lipinski definition) is 2. The molecular formula is C25H31N5O2. The average Bonchev–Trinajstić information content (AvgIpc) is 3.36. The molecular weight excluding hydrogens is 402 g/mol. The smallest absolute Gasteiger partial charge is 0.320 e. The first-order valence-electron chi connectivity index (χ1n) is 11.0. The van der Waals surface area contributed by atoms with Gasteiger partial charge in [-0.1, -0.05) is 60.2 Å². The fourth-order valence-electron chi connectivity index (χ4n) is 4.33. The summed E-state index contributed by atoms with van der Waals surface area (Å²) in [4.78, 5) is 15.3. The number of carbonyl (C=O) groups excluding carboxylic acids is 1. The Morgan fingerprint density at radius 2 is 1.94 bits per heavy atom. The van der Waals surface area contributed by atoms with Crippen molar-refractivity contribution in [1.82, 2.24) is 20.0 Å². The van der Waals surface area contributed by atoms with Crippen LogP contribution in [0.2, 0.25) is 0 Å². The lowest BCUT2D eigenvalue weighted by Crippen LogP contribution is -2.42. The van der Waals surface area contributed by atoms with Crippen molar-refractivity contribution < 1.29 is 9.53 Å². The van der Waals surface area contributed by atoms with Crippen LogP contribution in [0.15, 0.2) is 60.7 Å². The Labute approximate surface area is 189 Å². The highest BCUT2D eigenvalue weighted by Crippen LogP contribution is 2.28. The van der Waals surface area contributed by atoms with Crippen LogP contribution in [0.3, 0.4) is 0 Å². The van der Waals surface area contributed by atoms with E-state index in [1.807, 2.05) is 43.4 Å². The number of benzene rings is 2. The molecule has 2 N–H and O–H groups in total. The Hall–Kier alpha value is -3.16. The van der Waals surface area contributed by atoms with E-state index in [1.54, 1.807) is 11.8 Å². The Balaban J connectivity index is 1.46. The van der Waals surface area contributed by atoms with Crippen LogP contribution in [0, 0.1) is 6.92 Å². The van der Waals surface area contributed by atoms with Gasteiger partial charge in [0, 0.05) is 51.3 Å². The van der Waals surface area contributed by atoms with Crippen LogP contribution in [0.5, 0.6) is 0 Å². The minimum atomic E-state index is -0.219. The van der Waals surface area contributed by atoms with Crippen LogP contribution in [-0.4, -0.2) is 60.1 Å². The maximum absolute atomic E-state index is 12.9. The molecule has 7 nitrogen and oxygen atoms in total. The predicted molar refractivity (Wildman–Crippen MR) is 127 cm³/mol. The van der Waals surface area contributed by atoms with Crippen molar-refractivity contribution in [2.24, 2.45) is 7.05 Å². The van der Waals surface area contributed by atoms with E-state index in [9.17, 15) is 4.79 Å². The second kappa shape index (κ2) is 9.97. The Morgan fingerprint density at radius 3 is 2.69 bits per heavy atom. The molecule has 2 aromatic carbocycles. The number of hydrogen-bond acceptors (Lipinski definition) is 4. The molecule has 2 amide bonds. The van der Waals surface area contributed by atoms with Gasteiger partial charge in [-0.25, -0.2) is 4.79 Å². The summed E-state index contributed by atoms with van der Waals surface area (Å²) in [6.45, 7) is 5.30. The van der Waals surface area contributed by atoms with Gasteiger partial charge >= 0.3 is 6.03 Å². The van der Waals surface area contributed by atoms with Crippen LogP contribution in [0.25, 0.3) is 11.3 Å². The number of aromatic nitrogens is 2. The summed E-state index contributed by atoms with van der Waals surface area (Å²) < 4.78 is 6.95. The topological polar surface area (TPSA) is 71.4 Å². The summed E-state index contributed by atoms with van der Waals surface area (Å²) >= 11 is 0. The molecule has 0 aliphatic carbocycles. The summed E-state index contributed by atoms with van der Waals surface area (Å²) in [5.74, 6) is 0.881. The third-order valence-corrected chi connectivity index (χ3v) is 5.98. The maximum atomic E-state index is 12.9. The van der Waals surface area contributed by atoms with E-state index in [-0.39, 0.29) is 18.0 Å². The van der Waals surface area contributed by atoms with Gasteiger partial charge in [-0.15, -0.1) is 0 Å². The Kier molecular flexibility index (Phi) is 6.87. The van der Waals surface area contributed by atoms with E-state index in [0.29, 0.717) is 12.4 Å². The van der Waals surface area contributed by atoms with E-state index in [0.717, 1.165) is 30.9 Å². The molecule has 32 heavy (non-hydrogen) atoms. The molecule has 0 bridgehead atoms. The number of rotatable bonds is 7. The maximum Gasteiger partial charge on any atom is 0.320 e. The number of aryl methyl sites for hydroxylation is 2. The Morgan fingerprint density at radius 1 is 1.12 bits per heavy atom. The SMILES string of the molecule is COCCN1C[C@@H](NC(=O)Nc2cc(-c3ccccc3)nn2C)[C@H](c2cccc(C)c2)C1. The van der Waals surface area contributed by atoms with Crippen molar-refractivity contribution in [2.75, 3.05) is 38.7 Å². The molecule has 0 spiro atoms. The molecule has 168 valence electrons. The van der Waals surface area contributed by atoms with Crippen molar-refractivity contribution in [2.45, 2.75) is 18.9 Å². The van der Waals surface area contributed by atoms with Gasteiger partial charge < -0.3 is 10.1 Å². The van der Waals surface area contributed by atoms with E-state index >= 15 is 0 Å². The highest BCUT2D eigenvalue weighted by molar-refractivity contribution is 5.89. The number of nitrogens with zero attached hydrogens (tertiary/aromatic N) is 3. The Bertz CT molecular complexity index is 1050. The number of anilines is 1. The number of likely N-dealkylation sites (tertiary alicyclic amines) is 1. The van der Waals surface area contributed by atoms with Crippen LogP contribution in [0.4, 0.5) is 10.6 Å². The van der Waals surface area contributed by atoms with Crippen molar-refractivity contribution in [3.63, 3.8) is 0 Å². The highest BCUT2D eigenvalue weighted by Gasteiger charge is 2.34. The summed E-state index contributed by atoms with van der Waals surface area (Å²) in [6.07, 6.45) is 0. The average molecular weight is 434 g/mol. The number of ether oxygens (including phenoxy) is 1. The van der Waals surface area contributed by atoms with Crippen LogP contribution in [-0.2, 0) is 11.8 Å². The van der Waals surface area contributed by atoms with Gasteiger partial charge in [0.25, 0.3) is 0 Å². The number of methoxy groups -OCH3 is 1. The highest BCUT2D eigenvalue weighted by atomic mass is 16.5. The predicted octanol–water partition coefficient (Wildman–Crippen LogP) is 3.63. The molecule has 7 heteroatoms. The van der Waals surface area contributed by atoms with Gasteiger partial charge in [0.1, 0.15) is 5.82 Å². The first-order chi connectivity index (χ1) is 15.5. The number of urea groups is 1. The van der Waals surface area contributed by atoms with E-state index in [2.05, 4.69) is 51.8 Å². The summed E-state index contributed by atoms with van der Waals surface area (Å²) in [6, 6.07) is 20.2. The van der Waals surface area contributed by atoms with Crippen LogP contribution < -0.4 is 10.6 Å². The van der Waals surface area contributed by atoms with Crippen LogP contribution >= 0.6 is 0 Å². The molecule has 4 rings (SSSR count). The zero-order valence-electron chi connectivity index (χ0n) is 18.9. The van der Waals surface area contributed by atoms with Gasteiger partial charge in [-0.2, -0.15) is 5.10 Å². The van der Waals surface area contributed by atoms with E-state index in [1.165, 1.54) is 11.1 Å². The minimum Gasteiger partial charge on any atom is -0.383 e. The summed E-state index contributed by atoms with van der Waals surface area (Å²) in [7, 11) is 3.55. The molecule has 2 heterocycles. The van der Waals surface area contributed by atoms with E-state index in [4.69, 9.17) is 4.74 Å². The second-order valence-corrected chi connectivity index (χ2v) is 8.38. The summed E-state index contributed by atoms with van der Waals surface area (Å²) in [5, 5.41) is 10.7. The molecule has 2 atom stereocenters. The van der Waals surface area contributed by atoms with Gasteiger partial charge in [-0.3, -0.25) is 14.9 Å². The van der Waals surface area contributed by atoms with E-state index < -0.39 is 0 Å². The molecule has 0 saturated carbocycles. The normalized spacial score (nSPS) is 18.6. The number of nitrogens with one attached hydrogen (secondary N) is 2. The van der Waals surface area contributed by atoms with Gasteiger partial charge in [0.05, 0.1) is 18.3 Å². The lowest BCUT2D eigenvalue weighted by atomic mass is 9.93. The standard InChI is InChI=1S/C25H31N5O2/c1-18-8-7-11-20(14-18)21-16-30(12-13-32-3)17-23(21)26-25(31)27-24-15-22(28-29(24)2)19-9-5-4-6-10-19/h4-11,14-15,21,23H,12-13,16-17H2,1-3H3,(H2,26,27,31)/t21-,23+/m0/s1. The molecule has 1 aromatic heterocycles. The molecule has 1 saturated heterocycles. The van der Waals surface area contributed by atoms with Crippen molar-refractivity contribution in [1.29, 1.82) is 0 Å². The molecule has 1 aliphatic rings. The molecule has 1 fully saturated rings. The largest absolute Gasteiger partial charge is 0.383 e. The lowest BCUT2D eigenvalue weighted by molar-refractivity contribution is 0.159. The number of carbonyl (C=O) groups is 1. The van der Waals surface area contributed by atoms with Gasteiger partial charge in [0.2, 0.25) is 0 Å². The zero-order chi connectivity index (χ0) is 22.5. The fourth-order valence-corrected chi connectivity index (χ4v) is 4.33. The van der Waals surface area contributed by atoms with Crippen molar-refractivity contribution in [3.8, 4) is 11.3 Å². The van der Waals surface area contributed by atoms with Gasteiger partial charge in [0.15, 0.2) is 0 Å². The molecule has 0 radical (unpaired) electrons. The monoisotopic (exact) mass is 433 g/mol. The fraction of sp³-hybridized carbons (Fsp3) is 0.360. The lowest BCUT2D eigenvalue weighted by Gasteiger charge is -2.21. The first-order valence-corrected chi connectivity index (χ1v) is 11.0. The number of amides is 2. The summed E-state index contributed by atoms with van der Waals surface area (Å²) in [5.41, 5.74) is 4.32.